The van der Waals surface area contributed by atoms with Gasteiger partial charge in [-0.25, -0.2) is 4.39 Å². The quantitative estimate of drug-likeness (QED) is 0.805. The molecule has 0 aliphatic rings. The smallest absolute Gasteiger partial charge is 0.126 e. The van der Waals surface area contributed by atoms with Crippen LogP contribution in [0.2, 0.25) is 0 Å². The molecule has 1 aromatic carbocycles. The SMILES string of the molecule is CNC(CCCC(C)(C)C)c1ccc(F)c(C)c1. The summed E-state index contributed by atoms with van der Waals surface area (Å²) in [5.74, 6) is -0.122. The fourth-order valence-corrected chi connectivity index (χ4v) is 2.20. The fraction of sp³-hybridized carbons (Fsp3) is 0.625. The highest BCUT2D eigenvalue weighted by Gasteiger charge is 2.14. The van der Waals surface area contributed by atoms with Gasteiger partial charge >= 0.3 is 0 Å². The van der Waals surface area contributed by atoms with Crippen molar-refractivity contribution in [2.75, 3.05) is 7.05 Å². The van der Waals surface area contributed by atoms with Crippen LogP contribution in [0, 0.1) is 18.2 Å². The minimum absolute atomic E-state index is 0.122. The first kappa shape index (κ1) is 15.2. The van der Waals surface area contributed by atoms with E-state index < -0.39 is 0 Å². The van der Waals surface area contributed by atoms with E-state index in [-0.39, 0.29) is 5.82 Å². The summed E-state index contributed by atoms with van der Waals surface area (Å²) < 4.78 is 13.3. The molecule has 0 saturated carbocycles. The first-order valence-electron chi connectivity index (χ1n) is 6.77. The Morgan fingerprint density at radius 2 is 1.94 bits per heavy atom. The summed E-state index contributed by atoms with van der Waals surface area (Å²) in [6.45, 7) is 8.62. The van der Waals surface area contributed by atoms with Gasteiger partial charge in [0.25, 0.3) is 0 Å². The minimum Gasteiger partial charge on any atom is -0.313 e. The maximum atomic E-state index is 13.3. The van der Waals surface area contributed by atoms with Gasteiger partial charge in [-0.2, -0.15) is 0 Å². The van der Waals surface area contributed by atoms with Crippen molar-refractivity contribution in [2.24, 2.45) is 5.41 Å². The van der Waals surface area contributed by atoms with Crippen LogP contribution in [0.5, 0.6) is 0 Å². The molecule has 0 fully saturated rings. The van der Waals surface area contributed by atoms with Crippen LogP contribution in [0.1, 0.15) is 57.2 Å². The summed E-state index contributed by atoms with van der Waals surface area (Å²) in [6.07, 6.45) is 3.50. The van der Waals surface area contributed by atoms with Crippen LogP contribution in [-0.4, -0.2) is 7.05 Å². The van der Waals surface area contributed by atoms with Crippen molar-refractivity contribution in [2.45, 2.75) is 53.0 Å². The van der Waals surface area contributed by atoms with Crippen LogP contribution in [0.25, 0.3) is 0 Å². The van der Waals surface area contributed by atoms with Crippen LogP contribution in [-0.2, 0) is 0 Å². The maximum absolute atomic E-state index is 13.3. The van der Waals surface area contributed by atoms with E-state index in [4.69, 9.17) is 0 Å². The molecule has 0 spiro atoms. The molecule has 0 aliphatic heterocycles. The predicted octanol–water partition coefficient (Wildman–Crippen LogP) is 4.61. The Hall–Kier alpha value is -0.890. The first-order valence-corrected chi connectivity index (χ1v) is 6.77. The van der Waals surface area contributed by atoms with E-state index in [1.54, 1.807) is 6.07 Å². The summed E-state index contributed by atoms with van der Waals surface area (Å²) >= 11 is 0. The van der Waals surface area contributed by atoms with Gasteiger partial charge in [0, 0.05) is 6.04 Å². The number of nitrogens with one attached hydrogen (secondary N) is 1. The van der Waals surface area contributed by atoms with Gasteiger partial charge in [-0.15, -0.1) is 0 Å². The van der Waals surface area contributed by atoms with Crippen molar-refractivity contribution in [1.82, 2.24) is 5.32 Å². The van der Waals surface area contributed by atoms with E-state index in [1.165, 1.54) is 18.4 Å². The Balaban J connectivity index is 2.63. The van der Waals surface area contributed by atoms with Crippen LogP contribution >= 0.6 is 0 Å². The van der Waals surface area contributed by atoms with Gasteiger partial charge in [0.1, 0.15) is 5.82 Å². The van der Waals surface area contributed by atoms with Crippen molar-refractivity contribution in [3.8, 4) is 0 Å². The highest BCUT2D eigenvalue weighted by molar-refractivity contribution is 5.26. The summed E-state index contributed by atoms with van der Waals surface area (Å²) in [4.78, 5) is 0. The second-order valence-corrected chi connectivity index (χ2v) is 6.30. The van der Waals surface area contributed by atoms with E-state index in [2.05, 4.69) is 26.1 Å². The topological polar surface area (TPSA) is 12.0 Å². The standard InChI is InChI=1S/C16H26FN/c1-12-11-13(8-9-14(12)17)15(18-5)7-6-10-16(2,3)4/h8-9,11,15,18H,6-7,10H2,1-5H3. The largest absolute Gasteiger partial charge is 0.313 e. The van der Waals surface area contributed by atoms with E-state index in [1.807, 2.05) is 26.1 Å². The third-order valence-corrected chi connectivity index (χ3v) is 3.35. The molecule has 1 atom stereocenters. The number of aryl methyl sites for hydroxylation is 1. The molecule has 0 saturated heterocycles. The number of halogens is 1. The van der Waals surface area contributed by atoms with Gasteiger partial charge in [-0.1, -0.05) is 39.3 Å². The molecule has 18 heavy (non-hydrogen) atoms. The normalized spacial score (nSPS) is 13.7. The van der Waals surface area contributed by atoms with Gasteiger partial charge < -0.3 is 5.32 Å². The van der Waals surface area contributed by atoms with E-state index in [9.17, 15) is 4.39 Å². The van der Waals surface area contributed by atoms with Gasteiger partial charge in [0.2, 0.25) is 0 Å². The van der Waals surface area contributed by atoms with E-state index in [0.29, 0.717) is 11.5 Å². The molecule has 0 aromatic heterocycles. The van der Waals surface area contributed by atoms with Gasteiger partial charge in [0.05, 0.1) is 0 Å². The van der Waals surface area contributed by atoms with Crippen LogP contribution in [0.3, 0.4) is 0 Å². The van der Waals surface area contributed by atoms with Gasteiger partial charge in [-0.3, -0.25) is 0 Å². The Bertz CT molecular complexity index is 379. The monoisotopic (exact) mass is 251 g/mol. The molecular weight excluding hydrogens is 225 g/mol. The Labute approximate surface area is 111 Å². The number of benzene rings is 1. The second kappa shape index (κ2) is 6.33. The van der Waals surface area contributed by atoms with Crippen molar-refractivity contribution in [1.29, 1.82) is 0 Å². The molecule has 0 heterocycles. The zero-order valence-electron chi connectivity index (χ0n) is 12.3. The molecule has 0 aliphatic carbocycles. The van der Waals surface area contributed by atoms with Crippen molar-refractivity contribution in [3.63, 3.8) is 0 Å². The highest BCUT2D eigenvalue weighted by Crippen LogP contribution is 2.26. The summed E-state index contributed by atoms with van der Waals surface area (Å²) in [6, 6.07) is 5.74. The lowest BCUT2D eigenvalue weighted by atomic mass is 9.88. The molecule has 1 unspecified atom stereocenters. The van der Waals surface area contributed by atoms with Crippen molar-refractivity contribution in [3.05, 3.63) is 35.1 Å². The van der Waals surface area contributed by atoms with Crippen molar-refractivity contribution >= 4 is 0 Å². The molecule has 1 nitrogen and oxygen atoms in total. The van der Waals surface area contributed by atoms with Gasteiger partial charge in [0.15, 0.2) is 0 Å². The number of hydrogen-bond acceptors (Lipinski definition) is 1. The van der Waals surface area contributed by atoms with Crippen LogP contribution in [0.4, 0.5) is 4.39 Å². The third kappa shape index (κ3) is 4.77. The van der Waals surface area contributed by atoms with Gasteiger partial charge in [-0.05, 0) is 49.4 Å². The van der Waals surface area contributed by atoms with E-state index >= 15 is 0 Å². The fourth-order valence-electron chi connectivity index (χ4n) is 2.20. The number of rotatable bonds is 5. The van der Waals surface area contributed by atoms with E-state index in [0.717, 1.165) is 12.0 Å². The lowest BCUT2D eigenvalue weighted by Gasteiger charge is -2.21. The molecule has 102 valence electrons. The third-order valence-electron chi connectivity index (χ3n) is 3.35. The Morgan fingerprint density at radius 3 is 2.44 bits per heavy atom. The van der Waals surface area contributed by atoms with Crippen molar-refractivity contribution < 1.29 is 4.39 Å². The zero-order valence-corrected chi connectivity index (χ0v) is 12.3. The average molecular weight is 251 g/mol. The molecule has 2 heteroatoms. The lowest BCUT2D eigenvalue weighted by Crippen LogP contribution is -2.17. The average Bonchev–Trinajstić information content (AvgIpc) is 2.27. The molecule has 1 aromatic rings. The molecule has 0 bridgehead atoms. The molecule has 1 N–H and O–H groups in total. The summed E-state index contributed by atoms with van der Waals surface area (Å²) in [7, 11) is 1.97. The first-order chi connectivity index (χ1) is 8.33. The summed E-state index contributed by atoms with van der Waals surface area (Å²) in [5, 5.41) is 3.33. The maximum Gasteiger partial charge on any atom is 0.126 e. The summed E-state index contributed by atoms with van der Waals surface area (Å²) in [5.41, 5.74) is 2.30. The Kier molecular flexibility index (Phi) is 5.33. The predicted molar refractivity (Wildman–Crippen MR) is 76.2 cm³/mol. The highest BCUT2D eigenvalue weighted by atomic mass is 19.1. The zero-order chi connectivity index (χ0) is 13.8. The molecular formula is C16H26FN. The molecule has 0 amide bonds. The molecule has 0 radical (unpaired) electrons. The Morgan fingerprint density at radius 1 is 1.28 bits per heavy atom. The molecule has 1 rings (SSSR count). The lowest BCUT2D eigenvalue weighted by molar-refractivity contribution is 0.347. The second-order valence-electron chi connectivity index (χ2n) is 6.30. The number of hydrogen-bond donors (Lipinski definition) is 1. The van der Waals surface area contributed by atoms with Crippen LogP contribution in [0.15, 0.2) is 18.2 Å². The minimum atomic E-state index is -0.122. The van der Waals surface area contributed by atoms with Crippen LogP contribution < -0.4 is 5.32 Å².